The predicted octanol–water partition coefficient (Wildman–Crippen LogP) is 2.51. The van der Waals surface area contributed by atoms with Gasteiger partial charge in [0.15, 0.2) is 5.13 Å². The van der Waals surface area contributed by atoms with Gasteiger partial charge in [-0.2, -0.15) is 0 Å². The van der Waals surface area contributed by atoms with Crippen molar-refractivity contribution >= 4 is 34.0 Å². The Bertz CT molecular complexity index is 872. The van der Waals surface area contributed by atoms with Gasteiger partial charge in [0.05, 0.1) is 17.3 Å². The minimum Gasteiger partial charge on any atom is -0.393 e. The monoisotopic (exact) mass is 386 g/mol. The molecular formula is C18H22N6O2S. The molecule has 2 aliphatic carbocycles. The molecule has 0 unspecified atom stereocenters. The SMILES string of the molecule is O=C1NC2(CCCCC2)c2nc(Nc3cc(N[C@H]4C[C@H](O)C4)ncn3)sc21. The molecule has 27 heavy (non-hydrogen) atoms. The van der Waals surface area contributed by atoms with E-state index in [0.29, 0.717) is 10.9 Å². The van der Waals surface area contributed by atoms with Gasteiger partial charge in [-0.15, -0.1) is 0 Å². The third-order valence-electron chi connectivity index (χ3n) is 5.71. The summed E-state index contributed by atoms with van der Waals surface area (Å²) in [5.41, 5.74) is 0.625. The van der Waals surface area contributed by atoms with Gasteiger partial charge in [0, 0.05) is 12.1 Å². The molecule has 3 aliphatic rings. The number of hydrogen-bond donors (Lipinski definition) is 4. The van der Waals surface area contributed by atoms with Crippen LogP contribution in [0.3, 0.4) is 0 Å². The Morgan fingerprint density at radius 2 is 1.96 bits per heavy atom. The zero-order valence-corrected chi connectivity index (χ0v) is 15.7. The summed E-state index contributed by atoms with van der Waals surface area (Å²) < 4.78 is 0. The van der Waals surface area contributed by atoms with Crippen molar-refractivity contribution in [2.75, 3.05) is 10.6 Å². The smallest absolute Gasteiger partial charge is 0.264 e. The summed E-state index contributed by atoms with van der Waals surface area (Å²) in [4.78, 5) is 26.4. The highest BCUT2D eigenvalue weighted by atomic mass is 32.1. The fraction of sp³-hybridized carbons (Fsp3) is 0.556. The summed E-state index contributed by atoms with van der Waals surface area (Å²) in [6, 6.07) is 2.08. The van der Waals surface area contributed by atoms with Gasteiger partial charge >= 0.3 is 0 Å². The number of anilines is 3. The normalized spacial score (nSPS) is 25.6. The second-order valence-electron chi connectivity index (χ2n) is 7.67. The number of amides is 1. The number of carbonyl (C=O) groups excluding carboxylic acids is 1. The Kier molecular flexibility index (Phi) is 4.01. The summed E-state index contributed by atoms with van der Waals surface area (Å²) >= 11 is 1.38. The molecule has 2 aromatic heterocycles. The molecule has 2 fully saturated rings. The lowest BCUT2D eigenvalue weighted by molar-refractivity contribution is 0.0835. The van der Waals surface area contributed by atoms with E-state index in [1.54, 1.807) is 0 Å². The number of aliphatic hydroxyl groups excluding tert-OH is 1. The zero-order valence-electron chi connectivity index (χ0n) is 14.9. The van der Waals surface area contributed by atoms with Gasteiger partial charge in [-0.05, 0) is 25.7 Å². The highest BCUT2D eigenvalue weighted by Crippen LogP contribution is 2.45. The van der Waals surface area contributed by atoms with Crippen molar-refractivity contribution in [3.05, 3.63) is 23.0 Å². The average molecular weight is 386 g/mol. The molecule has 2 aromatic rings. The largest absolute Gasteiger partial charge is 0.393 e. The Balaban J connectivity index is 1.34. The van der Waals surface area contributed by atoms with Crippen LogP contribution < -0.4 is 16.0 Å². The molecule has 9 heteroatoms. The fourth-order valence-corrected chi connectivity index (χ4v) is 5.20. The lowest BCUT2D eigenvalue weighted by atomic mass is 9.81. The average Bonchev–Trinajstić information content (AvgIpc) is 3.15. The second-order valence-corrected chi connectivity index (χ2v) is 8.67. The minimum absolute atomic E-state index is 0.00830. The summed E-state index contributed by atoms with van der Waals surface area (Å²) in [6.45, 7) is 0. The number of rotatable bonds is 4. The van der Waals surface area contributed by atoms with Gasteiger partial charge < -0.3 is 21.1 Å². The van der Waals surface area contributed by atoms with Crippen molar-refractivity contribution in [1.29, 1.82) is 0 Å². The Morgan fingerprint density at radius 1 is 1.19 bits per heavy atom. The summed E-state index contributed by atoms with van der Waals surface area (Å²) in [7, 11) is 0. The van der Waals surface area contributed by atoms with E-state index in [-0.39, 0.29) is 23.6 Å². The van der Waals surface area contributed by atoms with Crippen LogP contribution in [-0.2, 0) is 5.54 Å². The van der Waals surface area contributed by atoms with Crippen LogP contribution in [0.25, 0.3) is 0 Å². The number of nitrogens with one attached hydrogen (secondary N) is 3. The van der Waals surface area contributed by atoms with Gasteiger partial charge in [-0.25, -0.2) is 15.0 Å². The van der Waals surface area contributed by atoms with Crippen LogP contribution in [0.5, 0.6) is 0 Å². The van der Waals surface area contributed by atoms with E-state index >= 15 is 0 Å². The number of nitrogens with zero attached hydrogens (tertiary/aromatic N) is 3. The Hall–Kier alpha value is -2.26. The van der Waals surface area contributed by atoms with Crippen molar-refractivity contribution < 1.29 is 9.90 Å². The maximum absolute atomic E-state index is 12.4. The van der Waals surface area contributed by atoms with E-state index < -0.39 is 0 Å². The van der Waals surface area contributed by atoms with Crippen LogP contribution in [0.4, 0.5) is 16.8 Å². The molecule has 3 heterocycles. The Labute approximate surface area is 160 Å². The minimum atomic E-state index is -0.273. The van der Waals surface area contributed by atoms with Gasteiger partial charge in [-0.3, -0.25) is 4.79 Å². The quantitative estimate of drug-likeness (QED) is 0.639. The zero-order chi connectivity index (χ0) is 18.4. The van der Waals surface area contributed by atoms with Gasteiger partial charge in [0.25, 0.3) is 5.91 Å². The first-order chi connectivity index (χ1) is 13.1. The number of carbonyl (C=O) groups is 1. The first-order valence-corrected chi connectivity index (χ1v) is 10.3. The number of fused-ring (bicyclic) bond motifs is 2. The molecule has 0 aromatic carbocycles. The topological polar surface area (TPSA) is 112 Å². The molecule has 2 saturated carbocycles. The van der Waals surface area contributed by atoms with E-state index in [0.717, 1.165) is 54.9 Å². The highest BCUT2D eigenvalue weighted by Gasteiger charge is 2.46. The lowest BCUT2D eigenvalue weighted by Crippen LogP contribution is -2.41. The third-order valence-corrected chi connectivity index (χ3v) is 6.68. The summed E-state index contributed by atoms with van der Waals surface area (Å²) in [6.07, 6.45) is 8.15. The first kappa shape index (κ1) is 16.9. The number of thiazole rings is 1. The molecule has 5 rings (SSSR count). The molecular weight excluding hydrogens is 364 g/mol. The molecule has 1 amide bonds. The Morgan fingerprint density at radius 3 is 2.74 bits per heavy atom. The van der Waals surface area contributed by atoms with Crippen molar-refractivity contribution in [3.63, 3.8) is 0 Å². The predicted molar refractivity (Wildman–Crippen MR) is 102 cm³/mol. The summed E-state index contributed by atoms with van der Waals surface area (Å²) in [5.74, 6) is 1.35. The van der Waals surface area contributed by atoms with E-state index in [4.69, 9.17) is 4.98 Å². The second kappa shape index (κ2) is 6.42. The van der Waals surface area contributed by atoms with Gasteiger partial charge in [0.1, 0.15) is 22.8 Å². The van der Waals surface area contributed by atoms with Crippen LogP contribution >= 0.6 is 11.3 Å². The van der Waals surface area contributed by atoms with Gasteiger partial charge in [-0.1, -0.05) is 30.6 Å². The standard InChI is InChI=1S/C18H22N6O2S/c25-11-6-10(7-11)21-12-8-13(20-9-19-12)22-17-23-15-14(27-17)16(26)24-18(15)4-2-1-3-5-18/h8-11,25H,1-7H2,(H,24,26)(H2,19,20,21,22,23)/t10-,11-. The molecule has 4 N–H and O–H groups in total. The number of aromatic nitrogens is 3. The number of hydrogen-bond acceptors (Lipinski definition) is 8. The van der Waals surface area contributed by atoms with Crippen molar-refractivity contribution in [2.45, 2.75) is 62.6 Å². The van der Waals surface area contributed by atoms with Crippen LogP contribution in [0.2, 0.25) is 0 Å². The van der Waals surface area contributed by atoms with Crippen LogP contribution in [0, 0.1) is 0 Å². The molecule has 0 radical (unpaired) electrons. The molecule has 0 atom stereocenters. The van der Waals surface area contributed by atoms with Crippen molar-refractivity contribution in [2.24, 2.45) is 0 Å². The molecule has 1 spiro atoms. The molecule has 1 aliphatic heterocycles. The highest BCUT2D eigenvalue weighted by molar-refractivity contribution is 7.17. The van der Waals surface area contributed by atoms with Gasteiger partial charge in [0.2, 0.25) is 0 Å². The van der Waals surface area contributed by atoms with Crippen molar-refractivity contribution in [3.8, 4) is 0 Å². The maximum atomic E-state index is 12.4. The van der Waals surface area contributed by atoms with Crippen LogP contribution in [0.15, 0.2) is 12.4 Å². The molecule has 0 bridgehead atoms. The van der Waals surface area contributed by atoms with Crippen LogP contribution in [-0.4, -0.2) is 38.1 Å². The maximum Gasteiger partial charge on any atom is 0.264 e. The number of aliphatic hydroxyl groups is 1. The summed E-state index contributed by atoms with van der Waals surface area (Å²) in [5, 5.41) is 19.8. The molecule has 0 saturated heterocycles. The van der Waals surface area contributed by atoms with Crippen LogP contribution in [0.1, 0.15) is 60.3 Å². The lowest BCUT2D eigenvalue weighted by Gasteiger charge is -2.32. The van der Waals surface area contributed by atoms with E-state index in [1.165, 1.54) is 24.1 Å². The molecule has 8 nitrogen and oxygen atoms in total. The van der Waals surface area contributed by atoms with E-state index in [1.807, 2.05) is 6.07 Å². The fourth-order valence-electron chi connectivity index (χ4n) is 4.23. The van der Waals surface area contributed by atoms with E-state index in [9.17, 15) is 9.90 Å². The molecule has 142 valence electrons. The third kappa shape index (κ3) is 3.04. The van der Waals surface area contributed by atoms with Crippen molar-refractivity contribution in [1.82, 2.24) is 20.3 Å². The first-order valence-electron chi connectivity index (χ1n) is 9.49. The van der Waals surface area contributed by atoms with E-state index in [2.05, 4.69) is 25.9 Å².